The van der Waals surface area contributed by atoms with Gasteiger partial charge in [0.1, 0.15) is 24.7 Å². The summed E-state index contributed by atoms with van der Waals surface area (Å²) in [5, 5.41) is 0. The molecule has 1 aliphatic heterocycles. The Kier molecular flexibility index (Phi) is 6.40. The summed E-state index contributed by atoms with van der Waals surface area (Å²) in [5.74, 6) is -2.12. The van der Waals surface area contributed by atoms with Crippen LogP contribution in [0.1, 0.15) is 41.4 Å². The fourth-order valence-electron chi connectivity index (χ4n) is 3.46. The van der Waals surface area contributed by atoms with Crippen LogP contribution >= 0.6 is 0 Å². The van der Waals surface area contributed by atoms with Crippen molar-refractivity contribution in [1.82, 2.24) is 0 Å². The fraction of sp³-hybridized carbons (Fsp3) is 0.154. The normalized spacial score (nSPS) is 11.9. The van der Waals surface area contributed by atoms with E-state index in [1.54, 1.807) is 24.3 Å². The second-order valence-corrected chi connectivity index (χ2v) is 7.31. The summed E-state index contributed by atoms with van der Waals surface area (Å²) in [6.45, 7) is 0.482. The van der Waals surface area contributed by atoms with Crippen LogP contribution in [0.5, 0.6) is 23.0 Å². The van der Waals surface area contributed by atoms with E-state index in [4.69, 9.17) is 18.9 Å². The van der Waals surface area contributed by atoms with Crippen LogP contribution in [0.3, 0.4) is 0 Å². The molecule has 0 spiro atoms. The van der Waals surface area contributed by atoms with Gasteiger partial charge < -0.3 is 18.9 Å². The number of Topliss-reactive ketones (excluding diaryl/α,β-unsaturated/α-hetero) is 4. The van der Waals surface area contributed by atoms with Gasteiger partial charge in [0.2, 0.25) is 23.1 Å². The minimum Gasteiger partial charge on any atom is -0.497 e. The summed E-state index contributed by atoms with van der Waals surface area (Å²) >= 11 is 0. The van der Waals surface area contributed by atoms with Crippen LogP contribution < -0.4 is 18.9 Å². The van der Waals surface area contributed by atoms with E-state index < -0.39 is 23.1 Å². The molecule has 0 aliphatic carbocycles. The van der Waals surface area contributed by atoms with Gasteiger partial charge in [-0.15, -0.1) is 0 Å². The highest BCUT2D eigenvalue weighted by Crippen LogP contribution is 2.34. The minimum absolute atomic E-state index is 0.112. The van der Waals surface area contributed by atoms with Crippen LogP contribution in [0.4, 0.5) is 0 Å². The molecule has 8 heteroatoms. The lowest BCUT2D eigenvalue weighted by molar-refractivity contribution is 0.0799. The molecule has 0 aromatic heterocycles. The van der Waals surface area contributed by atoms with Crippen molar-refractivity contribution in [2.75, 3.05) is 27.4 Å². The smallest absolute Gasteiger partial charge is 0.234 e. The first-order valence-corrected chi connectivity index (χ1v) is 10.3. The third-order valence-electron chi connectivity index (χ3n) is 5.29. The molecule has 8 nitrogen and oxygen atoms in total. The molecule has 34 heavy (non-hydrogen) atoms. The van der Waals surface area contributed by atoms with Crippen molar-refractivity contribution in [2.45, 2.75) is 0 Å². The maximum Gasteiger partial charge on any atom is 0.234 e. The molecule has 0 fully saturated rings. The fourth-order valence-corrected chi connectivity index (χ4v) is 3.46. The van der Waals surface area contributed by atoms with Gasteiger partial charge in [-0.2, -0.15) is 0 Å². The molecule has 0 bridgehead atoms. The molecule has 0 unspecified atom stereocenters. The molecular weight excluding hydrogens is 440 g/mol. The van der Waals surface area contributed by atoms with Crippen LogP contribution in [0.2, 0.25) is 0 Å². The molecule has 3 aromatic rings. The van der Waals surface area contributed by atoms with Crippen LogP contribution in [-0.4, -0.2) is 50.6 Å². The third-order valence-corrected chi connectivity index (χ3v) is 5.29. The number of rotatable bonds is 8. The number of carbonyl (C=O) groups is 4. The Morgan fingerprint density at radius 2 is 0.941 bits per heavy atom. The summed E-state index contributed by atoms with van der Waals surface area (Å²) in [5.41, 5.74) is -0.255. The highest BCUT2D eigenvalue weighted by molar-refractivity contribution is 6.54. The maximum absolute atomic E-state index is 13.2. The molecule has 0 atom stereocenters. The van der Waals surface area contributed by atoms with E-state index in [1.165, 1.54) is 50.6 Å². The highest BCUT2D eigenvalue weighted by atomic mass is 16.6. The Morgan fingerprint density at radius 3 is 1.26 bits per heavy atom. The summed E-state index contributed by atoms with van der Waals surface area (Å²) in [6.07, 6.45) is 0. The zero-order valence-corrected chi connectivity index (χ0v) is 18.5. The van der Waals surface area contributed by atoms with Gasteiger partial charge in [0, 0.05) is 22.3 Å². The number of benzene rings is 3. The largest absolute Gasteiger partial charge is 0.497 e. The Bertz CT molecular complexity index is 1170. The summed E-state index contributed by atoms with van der Waals surface area (Å²) in [7, 11) is 2.96. The van der Waals surface area contributed by atoms with Crippen molar-refractivity contribution in [3.63, 3.8) is 0 Å². The Hall–Kier alpha value is -4.46. The molecule has 3 aromatic carbocycles. The van der Waals surface area contributed by atoms with Crippen molar-refractivity contribution in [2.24, 2.45) is 0 Å². The summed E-state index contributed by atoms with van der Waals surface area (Å²) < 4.78 is 21.2. The minimum atomic E-state index is -0.951. The van der Waals surface area contributed by atoms with Gasteiger partial charge in [-0.25, -0.2) is 0 Å². The summed E-state index contributed by atoms with van der Waals surface area (Å²) in [4.78, 5) is 52.2. The maximum atomic E-state index is 13.2. The Morgan fingerprint density at radius 1 is 0.588 bits per heavy atom. The van der Waals surface area contributed by atoms with Crippen molar-refractivity contribution < 1.29 is 38.1 Å². The lowest BCUT2D eigenvalue weighted by Crippen LogP contribution is -2.24. The number of hydrogen-bond donors (Lipinski definition) is 0. The number of fused-ring (bicyclic) bond motifs is 1. The van der Waals surface area contributed by atoms with Crippen molar-refractivity contribution in [1.29, 1.82) is 0 Å². The second-order valence-electron chi connectivity index (χ2n) is 7.31. The van der Waals surface area contributed by atoms with Crippen LogP contribution in [0.25, 0.3) is 0 Å². The third kappa shape index (κ3) is 4.38. The van der Waals surface area contributed by atoms with Crippen molar-refractivity contribution in [3.05, 3.63) is 82.9 Å². The predicted molar refractivity (Wildman–Crippen MR) is 121 cm³/mol. The first kappa shape index (κ1) is 22.7. The molecule has 0 saturated heterocycles. The van der Waals surface area contributed by atoms with Gasteiger partial charge in [-0.3, -0.25) is 19.2 Å². The van der Waals surface area contributed by atoms with E-state index in [1.807, 2.05) is 0 Å². The molecule has 0 amide bonds. The molecule has 0 radical (unpaired) electrons. The molecular formula is C26H20O8. The average molecular weight is 460 g/mol. The van der Waals surface area contributed by atoms with E-state index in [9.17, 15) is 19.2 Å². The van der Waals surface area contributed by atoms with Crippen LogP contribution in [-0.2, 0) is 0 Å². The van der Waals surface area contributed by atoms with Gasteiger partial charge in [0.05, 0.1) is 14.2 Å². The highest BCUT2D eigenvalue weighted by Gasteiger charge is 2.30. The van der Waals surface area contributed by atoms with Crippen molar-refractivity contribution >= 4 is 23.1 Å². The Labute approximate surface area is 195 Å². The number of methoxy groups -OCH3 is 2. The number of carbonyl (C=O) groups excluding carboxylic acids is 4. The second kappa shape index (κ2) is 9.58. The number of ether oxygens (including phenoxy) is 4. The number of hydrogen-bond acceptors (Lipinski definition) is 8. The first-order valence-electron chi connectivity index (χ1n) is 10.3. The van der Waals surface area contributed by atoms with E-state index in [0.717, 1.165) is 0 Å². The topological polar surface area (TPSA) is 105 Å². The van der Waals surface area contributed by atoms with Gasteiger partial charge in [-0.05, 0) is 60.7 Å². The monoisotopic (exact) mass is 460 g/mol. The predicted octanol–water partition coefficient (Wildman–Crippen LogP) is 3.61. The van der Waals surface area contributed by atoms with E-state index in [-0.39, 0.29) is 47.0 Å². The average Bonchev–Trinajstić information content (AvgIpc) is 2.90. The van der Waals surface area contributed by atoms with Crippen LogP contribution in [0.15, 0.2) is 60.7 Å². The van der Waals surface area contributed by atoms with Gasteiger partial charge in [0.25, 0.3) is 0 Å². The standard InChI is InChI=1S/C26H20O8/c1-31-17-7-3-15(4-8-17)23(27)25(29)19-13-21-22(34-12-11-33-21)14-20(19)26(30)24(28)16-5-9-18(32-2)10-6-16/h3-10,13-14H,11-12H2,1-2H3. The van der Waals surface area contributed by atoms with E-state index in [2.05, 4.69) is 0 Å². The van der Waals surface area contributed by atoms with Gasteiger partial charge >= 0.3 is 0 Å². The van der Waals surface area contributed by atoms with Gasteiger partial charge in [0.15, 0.2) is 11.5 Å². The molecule has 172 valence electrons. The first-order chi connectivity index (χ1) is 16.4. The SMILES string of the molecule is COc1ccc(C(=O)C(=O)c2cc3c(cc2C(=O)C(=O)c2ccc(OC)cc2)OCCO3)cc1. The van der Waals surface area contributed by atoms with E-state index >= 15 is 0 Å². The van der Waals surface area contributed by atoms with Crippen LogP contribution in [0, 0.1) is 0 Å². The molecule has 4 rings (SSSR count). The Balaban J connectivity index is 1.73. The molecule has 1 heterocycles. The number of ketones is 4. The quantitative estimate of drug-likeness (QED) is 0.371. The lowest BCUT2D eigenvalue weighted by atomic mass is 9.92. The zero-order chi connectivity index (χ0) is 24.2. The van der Waals surface area contributed by atoms with E-state index in [0.29, 0.717) is 11.5 Å². The summed E-state index contributed by atoms with van der Waals surface area (Å²) in [6, 6.07) is 14.5. The zero-order valence-electron chi connectivity index (χ0n) is 18.5. The lowest BCUT2D eigenvalue weighted by Gasteiger charge is -2.20. The molecule has 0 N–H and O–H groups in total. The van der Waals surface area contributed by atoms with Gasteiger partial charge in [-0.1, -0.05) is 0 Å². The molecule has 1 aliphatic rings. The van der Waals surface area contributed by atoms with Crippen molar-refractivity contribution in [3.8, 4) is 23.0 Å². The molecule has 0 saturated carbocycles.